The van der Waals surface area contributed by atoms with Gasteiger partial charge < -0.3 is 14.4 Å². The smallest absolute Gasteiger partial charge is 0.272 e. The van der Waals surface area contributed by atoms with Gasteiger partial charge in [0.25, 0.3) is 5.91 Å². The van der Waals surface area contributed by atoms with Gasteiger partial charge >= 0.3 is 0 Å². The van der Waals surface area contributed by atoms with Crippen molar-refractivity contribution >= 4 is 5.91 Å². The summed E-state index contributed by atoms with van der Waals surface area (Å²) in [6.07, 6.45) is 6.65. The molecule has 3 heterocycles. The van der Waals surface area contributed by atoms with E-state index in [2.05, 4.69) is 10.1 Å². The van der Waals surface area contributed by atoms with E-state index in [1.807, 2.05) is 17.0 Å². The molecule has 0 unspecified atom stereocenters. The summed E-state index contributed by atoms with van der Waals surface area (Å²) in [5.41, 5.74) is 0.604. The second-order valence-electron chi connectivity index (χ2n) is 6.16. The third-order valence-corrected chi connectivity index (χ3v) is 4.76. The van der Waals surface area contributed by atoms with Crippen molar-refractivity contribution in [2.45, 2.75) is 31.1 Å². The van der Waals surface area contributed by atoms with Crippen LogP contribution < -0.4 is 4.74 Å². The van der Waals surface area contributed by atoms with E-state index in [0.29, 0.717) is 18.8 Å². The zero-order valence-corrected chi connectivity index (χ0v) is 13.5. The lowest BCUT2D eigenvalue weighted by molar-refractivity contribution is -0.0788. The molecular weight excluding hydrogens is 308 g/mol. The average molecular weight is 328 g/mol. The third kappa shape index (κ3) is 2.65. The quantitative estimate of drug-likeness (QED) is 0.848. The first-order chi connectivity index (χ1) is 11.7. The molecule has 7 nitrogen and oxygen atoms in total. The lowest BCUT2D eigenvalue weighted by Gasteiger charge is -2.38. The van der Waals surface area contributed by atoms with Crippen molar-refractivity contribution in [1.29, 1.82) is 0 Å². The Morgan fingerprint density at radius 1 is 1.33 bits per heavy atom. The molecule has 4 rings (SSSR count). The van der Waals surface area contributed by atoms with Crippen LogP contribution in [0.5, 0.6) is 5.75 Å². The van der Waals surface area contributed by atoms with E-state index in [1.54, 1.807) is 36.4 Å². The molecule has 1 saturated carbocycles. The molecule has 2 aromatic heterocycles. The van der Waals surface area contributed by atoms with Crippen LogP contribution in [0, 0.1) is 0 Å². The molecular formula is C17H20N4O3. The topological polar surface area (TPSA) is 69.5 Å². The van der Waals surface area contributed by atoms with Gasteiger partial charge in [0.1, 0.15) is 23.7 Å². The Hall–Kier alpha value is -2.41. The maximum Gasteiger partial charge on any atom is 0.272 e. The van der Waals surface area contributed by atoms with Crippen LogP contribution >= 0.6 is 0 Å². The van der Waals surface area contributed by atoms with Crippen molar-refractivity contribution in [2.24, 2.45) is 7.05 Å². The van der Waals surface area contributed by atoms with Crippen LogP contribution in [0.1, 0.15) is 23.3 Å². The summed E-state index contributed by atoms with van der Waals surface area (Å²) in [5, 5.41) is 4.10. The molecule has 0 spiro atoms. The van der Waals surface area contributed by atoms with Crippen LogP contribution in [0.2, 0.25) is 0 Å². The second-order valence-corrected chi connectivity index (χ2v) is 6.16. The molecule has 0 bridgehead atoms. The van der Waals surface area contributed by atoms with Gasteiger partial charge in [0.2, 0.25) is 0 Å². The number of carbonyl (C=O) groups excluding carboxylic acids is 1. The van der Waals surface area contributed by atoms with E-state index >= 15 is 0 Å². The van der Waals surface area contributed by atoms with Crippen LogP contribution in [-0.2, 0) is 11.8 Å². The lowest BCUT2D eigenvalue weighted by atomic mass is 10.1. The van der Waals surface area contributed by atoms with Crippen molar-refractivity contribution in [3.8, 4) is 5.75 Å². The summed E-state index contributed by atoms with van der Waals surface area (Å²) >= 11 is 0. The molecule has 3 atom stereocenters. The van der Waals surface area contributed by atoms with Crippen molar-refractivity contribution in [2.75, 3.05) is 13.2 Å². The number of ether oxygens (including phenoxy) is 2. The molecule has 1 aliphatic carbocycles. The normalized spacial score (nSPS) is 26.2. The van der Waals surface area contributed by atoms with E-state index in [-0.39, 0.29) is 24.2 Å². The number of aryl methyl sites for hydroxylation is 1. The highest BCUT2D eigenvalue weighted by Crippen LogP contribution is 2.33. The van der Waals surface area contributed by atoms with Gasteiger partial charge in [-0.25, -0.2) is 0 Å². The van der Waals surface area contributed by atoms with Crippen LogP contribution in [0.3, 0.4) is 0 Å². The van der Waals surface area contributed by atoms with Gasteiger partial charge in [-0.3, -0.25) is 14.5 Å². The molecule has 0 aromatic carbocycles. The summed E-state index contributed by atoms with van der Waals surface area (Å²) < 4.78 is 13.6. The minimum Gasteiger partial charge on any atom is -0.486 e. The fraction of sp³-hybridized carbons (Fsp3) is 0.471. The van der Waals surface area contributed by atoms with Gasteiger partial charge in [-0.05, 0) is 31.0 Å². The summed E-state index contributed by atoms with van der Waals surface area (Å²) in [6, 6.07) is 5.54. The number of hydrogen-bond acceptors (Lipinski definition) is 5. The second kappa shape index (κ2) is 6.24. The van der Waals surface area contributed by atoms with Crippen LogP contribution in [0.25, 0.3) is 0 Å². The minimum atomic E-state index is -0.101. The molecule has 2 fully saturated rings. The number of amides is 1. The predicted molar refractivity (Wildman–Crippen MR) is 85.7 cm³/mol. The largest absolute Gasteiger partial charge is 0.486 e. The number of morpholine rings is 1. The van der Waals surface area contributed by atoms with E-state index < -0.39 is 0 Å². The minimum absolute atomic E-state index is 0.00956. The standard InChI is InChI=1S/C17H20N4O3/c1-20-14(6-8-19-20)17(22)21-9-10-23-16-13(21)4-5-15(16)24-12-3-2-7-18-11-12/h2-3,6-8,11,13,15-16H,4-5,9-10H2,1H3/t13-,15+,16+/m0/s1. The number of nitrogens with zero attached hydrogens (tertiary/aromatic N) is 4. The average Bonchev–Trinajstić information content (AvgIpc) is 3.22. The number of rotatable bonds is 3. The highest BCUT2D eigenvalue weighted by molar-refractivity contribution is 5.92. The van der Waals surface area contributed by atoms with Gasteiger partial charge in [-0.2, -0.15) is 5.10 Å². The summed E-state index contributed by atoms with van der Waals surface area (Å²) in [5.74, 6) is 0.747. The molecule has 2 aromatic rings. The Bertz CT molecular complexity index is 718. The predicted octanol–water partition coefficient (Wildman–Crippen LogP) is 1.27. The maximum atomic E-state index is 12.8. The monoisotopic (exact) mass is 328 g/mol. The van der Waals surface area contributed by atoms with Crippen molar-refractivity contribution in [3.05, 3.63) is 42.5 Å². The first-order valence-corrected chi connectivity index (χ1v) is 8.21. The van der Waals surface area contributed by atoms with Gasteiger partial charge in [-0.15, -0.1) is 0 Å². The summed E-state index contributed by atoms with van der Waals surface area (Å²) in [7, 11) is 1.79. The first kappa shape index (κ1) is 15.1. The van der Waals surface area contributed by atoms with Crippen LogP contribution in [0.15, 0.2) is 36.8 Å². The van der Waals surface area contributed by atoms with Crippen molar-refractivity contribution in [1.82, 2.24) is 19.7 Å². The Balaban J connectivity index is 1.50. The number of aromatic nitrogens is 3. The van der Waals surface area contributed by atoms with Gasteiger partial charge in [0.15, 0.2) is 0 Å². The van der Waals surface area contributed by atoms with E-state index in [9.17, 15) is 4.79 Å². The fourth-order valence-electron chi connectivity index (χ4n) is 3.62. The highest BCUT2D eigenvalue weighted by atomic mass is 16.5. The van der Waals surface area contributed by atoms with Gasteiger partial charge in [0, 0.05) is 26.0 Å². The SMILES string of the molecule is Cn1nccc1C(=O)N1CCO[C@H]2[C@H](Oc3cccnc3)CC[C@@H]21. The molecule has 2 aliphatic rings. The molecule has 7 heteroatoms. The third-order valence-electron chi connectivity index (χ3n) is 4.76. The molecule has 0 radical (unpaired) electrons. The first-order valence-electron chi connectivity index (χ1n) is 8.21. The van der Waals surface area contributed by atoms with Gasteiger partial charge in [0.05, 0.1) is 18.8 Å². The van der Waals surface area contributed by atoms with Crippen molar-refractivity contribution in [3.63, 3.8) is 0 Å². The number of carbonyl (C=O) groups is 1. The molecule has 0 N–H and O–H groups in total. The Morgan fingerprint density at radius 3 is 3.00 bits per heavy atom. The molecule has 1 amide bonds. The van der Waals surface area contributed by atoms with E-state index in [1.165, 1.54) is 0 Å². The molecule has 1 aliphatic heterocycles. The Kier molecular flexibility index (Phi) is 3.93. The Morgan fingerprint density at radius 2 is 2.25 bits per heavy atom. The fourth-order valence-corrected chi connectivity index (χ4v) is 3.62. The van der Waals surface area contributed by atoms with Gasteiger partial charge in [-0.1, -0.05) is 0 Å². The lowest BCUT2D eigenvalue weighted by Crippen LogP contribution is -2.54. The summed E-state index contributed by atoms with van der Waals surface area (Å²) in [6.45, 7) is 1.13. The van der Waals surface area contributed by atoms with E-state index in [0.717, 1.165) is 18.6 Å². The number of pyridine rings is 1. The number of hydrogen-bond donors (Lipinski definition) is 0. The molecule has 24 heavy (non-hydrogen) atoms. The van der Waals surface area contributed by atoms with Crippen LogP contribution in [0.4, 0.5) is 0 Å². The number of fused-ring (bicyclic) bond motifs is 1. The molecule has 1 saturated heterocycles. The van der Waals surface area contributed by atoms with Crippen molar-refractivity contribution < 1.29 is 14.3 Å². The van der Waals surface area contributed by atoms with E-state index in [4.69, 9.17) is 9.47 Å². The zero-order valence-electron chi connectivity index (χ0n) is 13.5. The molecule has 126 valence electrons. The van der Waals surface area contributed by atoms with Crippen LogP contribution in [-0.4, -0.2) is 57.0 Å². The highest BCUT2D eigenvalue weighted by Gasteiger charge is 2.46. The zero-order chi connectivity index (χ0) is 16.5. The Labute approximate surface area is 140 Å². The maximum absolute atomic E-state index is 12.8. The summed E-state index contributed by atoms with van der Waals surface area (Å²) in [4.78, 5) is 18.8.